The smallest absolute Gasteiger partial charge is 0.122 e. The molecule has 1 atom stereocenters. The third-order valence-electron chi connectivity index (χ3n) is 3.34. The maximum atomic E-state index is 5.43. The summed E-state index contributed by atoms with van der Waals surface area (Å²) in [4.78, 5) is 0. The Morgan fingerprint density at radius 1 is 1.21 bits per heavy atom. The van der Waals surface area contributed by atoms with E-state index in [0.29, 0.717) is 5.92 Å². The van der Waals surface area contributed by atoms with Crippen LogP contribution < -0.4 is 10.1 Å². The van der Waals surface area contributed by atoms with Crippen molar-refractivity contribution in [2.45, 2.75) is 26.2 Å². The topological polar surface area (TPSA) is 30.5 Å². The van der Waals surface area contributed by atoms with Crippen LogP contribution >= 0.6 is 0 Å². The molecule has 0 saturated heterocycles. The fourth-order valence-electron chi connectivity index (χ4n) is 2.32. The highest BCUT2D eigenvalue weighted by molar-refractivity contribution is 5.33. The summed E-state index contributed by atoms with van der Waals surface area (Å²) in [7, 11) is 3.50. The first-order valence-electron chi connectivity index (χ1n) is 7.13. The van der Waals surface area contributed by atoms with E-state index in [2.05, 4.69) is 24.4 Å². The Hall–Kier alpha value is -1.06. The Labute approximate surface area is 117 Å². The molecular weight excluding hydrogens is 238 g/mol. The van der Waals surface area contributed by atoms with E-state index >= 15 is 0 Å². The van der Waals surface area contributed by atoms with Crippen LogP contribution in [0, 0.1) is 5.92 Å². The highest BCUT2D eigenvalue weighted by atomic mass is 16.5. The highest BCUT2D eigenvalue weighted by Crippen LogP contribution is 2.22. The molecule has 1 N–H and O–H groups in total. The molecule has 0 amide bonds. The lowest BCUT2D eigenvalue weighted by molar-refractivity contribution is 0.186. The summed E-state index contributed by atoms with van der Waals surface area (Å²) in [5.74, 6) is 1.63. The van der Waals surface area contributed by atoms with Crippen LogP contribution in [0.15, 0.2) is 24.3 Å². The summed E-state index contributed by atoms with van der Waals surface area (Å²) in [6.45, 7) is 5.06. The summed E-state index contributed by atoms with van der Waals surface area (Å²) in [5.41, 5.74) is 1.30. The Morgan fingerprint density at radius 3 is 2.68 bits per heavy atom. The van der Waals surface area contributed by atoms with Crippen LogP contribution in [0.5, 0.6) is 5.75 Å². The lowest BCUT2D eigenvalue weighted by Gasteiger charge is -2.18. The van der Waals surface area contributed by atoms with Crippen molar-refractivity contribution in [2.75, 3.05) is 33.9 Å². The van der Waals surface area contributed by atoms with Crippen LogP contribution in [0.3, 0.4) is 0 Å². The number of benzene rings is 1. The highest BCUT2D eigenvalue weighted by Gasteiger charge is 2.12. The minimum atomic E-state index is 0.631. The molecule has 0 heterocycles. The van der Waals surface area contributed by atoms with Gasteiger partial charge in [-0.3, -0.25) is 0 Å². The van der Waals surface area contributed by atoms with Crippen LogP contribution in [0.25, 0.3) is 0 Å². The molecule has 0 aliphatic heterocycles. The molecule has 1 aromatic carbocycles. The van der Waals surface area contributed by atoms with Gasteiger partial charge in [0.2, 0.25) is 0 Å². The van der Waals surface area contributed by atoms with Crippen LogP contribution in [0.2, 0.25) is 0 Å². The van der Waals surface area contributed by atoms with Gasteiger partial charge >= 0.3 is 0 Å². The first-order chi connectivity index (χ1) is 9.31. The lowest BCUT2D eigenvalue weighted by Crippen LogP contribution is -2.24. The van der Waals surface area contributed by atoms with Gasteiger partial charge in [0, 0.05) is 13.7 Å². The molecule has 3 nitrogen and oxygen atoms in total. The zero-order valence-electron chi connectivity index (χ0n) is 12.4. The number of nitrogens with one attached hydrogen (secondary N) is 1. The second-order valence-corrected chi connectivity index (χ2v) is 4.82. The van der Waals surface area contributed by atoms with E-state index in [1.54, 1.807) is 14.2 Å². The molecule has 19 heavy (non-hydrogen) atoms. The van der Waals surface area contributed by atoms with E-state index < -0.39 is 0 Å². The monoisotopic (exact) mass is 265 g/mol. The van der Waals surface area contributed by atoms with E-state index in [1.165, 1.54) is 12.0 Å². The van der Waals surface area contributed by atoms with Crippen LogP contribution in [0.1, 0.15) is 25.3 Å². The van der Waals surface area contributed by atoms with Crippen molar-refractivity contribution in [1.29, 1.82) is 0 Å². The van der Waals surface area contributed by atoms with Gasteiger partial charge in [0.05, 0.1) is 7.11 Å². The van der Waals surface area contributed by atoms with Gasteiger partial charge < -0.3 is 14.8 Å². The second-order valence-electron chi connectivity index (χ2n) is 4.82. The summed E-state index contributed by atoms with van der Waals surface area (Å²) < 4.78 is 10.6. The summed E-state index contributed by atoms with van der Waals surface area (Å²) in [6.07, 6.45) is 3.35. The SMILES string of the molecule is CCNCC(CCCOC)Cc1ccccc1OC. The summed E-state index contributed by atoms with van der Waals surface area (Å²) in [5, 5.41) is 3.45. The van der Waals surface area contributed by atoms with Crippen LogP contribution in [0.4, 0.5) is 0 Å². The largest absolute Gasteiger partial charge is 0.496 e. The third kappa shape index (κ3) is 6.08. The molecule has 0 bridgehead atoms. The van der Waals surface area contributed by atoms with Gasteiger partial charge in [-0.05, 0) is 49.9 Å². The maximum Gasteiger partial charge on any atom is 0.122 e. The fourth-order valence-corrected chi connectivity index (χ4v) is 2.32. The molecule has 0 aliphatic carbocycles. The fraction of sp³-hybridized carbons (Fsp3) is 0.625. The standard InChI is InChI=1S/C16H27NO2/c1-4-17-13-14(8-7-11-18-2)12-15-9-5-6-10-16(15)19-3/h5-6,9-10,14,17H,4,7-8,11-13H2,1-3H3. The predicted molar refractivity (Wildman–Crippen MR) is 79.8 cm³/mol. The molecule has 1 rings (SSSR count). The summed E-state index contributed by atoms with van der Waals surface area (Å²) >= 11 is 0. The molecule has 3 heteroatoms. The van der Waals surface area contributed by atoms with Gasteiger partial charge in [0.25, 0.3) is 0 Å². The predicted octanol–water partition coefficient (Wildman–Crippen LogP) is 2.89. The Morgan fingerprint density at radius 2 is 2.00 bits per heavy atom. The minimum absolute atomic E-state index is 0.631. The molecule has 0 radical (unpaired) electrons. The number of methoxy groups -OCH3 is 2. The first kappa shape index (κ1) is 16.0. The zero-order chi connectivity index (χ0) is 13.9. The molecule has 108 valence electrons. The Balaban J connectivity index is 2.58. The van der Waals surface area contributed by atoms with Crippen molar-refractivity contribution in [2.24, 2.45) is 5.92 Å². The normalized spacial score (nSPS) is 12.4. The first-order valence-corrected chi connectivity index (χ1v) is 7.13. The van der Waals surface area contributed by atoms with Crippen molar-refractivity contribution >= 4 is 0 Å². The molecule has 0 fully saturated rings. The van der Waals surface area contributed by atoms with E-state index in [4.69, 9.17) is 9.47 Å². The van der Waals surface area contributed by atoms with Crippen LogP contribution in [-0.2, 0) is 11.2 Å². The quantitative estimate of drug-likeness (QED) is 0.660. The Bertz CT molecular complexity index is 341. The number of ether oxygens (including phenoxy) is 2. The molecule has 0 aliphatic rings. The molecule has 0 spiro atoms. The average Bonchev–Trinajstić information content (AvgIpc) is 2.45. The Kier molecular flexibility index (Phi) is 8.26. The van der Waals surface area contributed by atoms with Crippen molar-refractivity contribution in [3.05, 3.63) is 29.8 Å². The summed E-state index contributed by atoms with van der Waals surface area (Å²) in [6, 6.07) is 8.30. The third-order valence-corrected chi connectivity index (χ3v) is 3.34. The van der Waals surface area contributed by atoms with E-state index in [0.717, 1.165) is 38.3 Å². The van der Waals surface area contributed by atoms with Crippen LogP contribution in [-0.4, -0.2) is 33.9 Å². The van der Waals surface area contributed by atoms with Gasteiger partial charge in [-0.25, -0.2) is 0 Å². The van der Waals surface area contributed by atoms with Gasteiger partial charge in [-0.15, -0.1) is 0 Å². The van der Waals surface area contributed by atoms with E-state index in [9.17, 15) is 0 Å². The van der Waals surface area contributed by atoms with Crippen molar-refractivity contribution in [3.8, 4) is 5.75 Å². The molecular formula is C16H27NO2. The number of rotatable bonds is 10. The van der Waals surface area contributed by atoms with Gasteiger partial charge in [0.1, 0.15) is 5.75 Å². The minimum Gasteiger partial charge on any atom is -0.496 e. The number of hydrogen-bond donors (Lipinski definition) is 1. The van der Waals surface area contributed by atoms with Crippen molar-refractivity contribution in [1.82, 2.24) is 5.32 Å². The molecule has 1 aromatic rings. The van der Waals surface area contributed by atoms with Gasteiger partial charge in [0.15, 0.2) is 0 Å². The number of para-hydroxylation sites is 1. The van der Waals surface area contributed by atoms with E-state index in [1.807, 2.05) is 12.1 Å². The lowest BCUT2D eigenvalue weighted by atomic mass is 9.94. The zero-order valence-corrected chi connectivity index (χ0v) is 12.4. The van der Waals surface area contributed by atoms with Crippen molar-refractivity contribution in [3.63, 3.8) is 0 Å². The number of hydrogen-bond acceptors (Lipinski definition) is 3. The molecule has 1 unspecified atom stereocenters. The van der Waals surface area contributed by atoms with E-state index in [-0.39, 0.29) is 0 Å². The second kappa shape index (κ2) is 9.82. The van der Waals surface area contributed by atoms with Gasteiger partial charge in [-0.2, -0.15) is 0 Å². The van der Waals surface area contributed by atoms with Gasteiger partial charge in [-0.1, -0.05) is 25.1 Å². The molecule has 0 aromatic heterocycles. The average molecular weight is 265 g/mol. The molecule has 0 saturated carbocycles. The van der Waals surface area contributed by atoms with Crippen molar-refractivity contribution < 1.29 is 9.47 Å². The maximum absolute atomic E-state index is 5.43.